The van der Waals surface area contributed by atoms with Crippen LogP contribution in [0.25, 0.3) is 0 Å². The van der Waals surface area contributed by atoms with Crippen LogP contribution in [0.15, 0.2) is 47.7 Å². The first-order valence-corrected chi connectivity index (χ1v) is 8.43. The van der Waals surface area contributed by atoms with Crippen molar-refractivity contribution in [3.63, 3.8) is 0 Å². The van der Waals surface area contributed by atoms with Crippen molar-refractivity contribution in [3.05, 3.63) is 48.3 Å². The molecule has 8 heteroatoms. The van der Waals surface area contributed by atoms with E-state index in [2.05, 4.69) is 15.4 Å². The van der Waals surface area contributed by atoms with Crippen LogP contribution in [-0.4, -0.2) is 41.0 Å². The number of nitrogens with zero attached hydrogens (tertiary/aromatic N) is 3. The molecule has 0 aliphatic rings. The zero-order chi connectivity index (χ0) is 19.4. The summed E-state index contributed by atoms with van der Waals surface area (Å²) in [7, 11) is 0. The molecule has 26 heavy (non-hydrogen) atoms. The first kappa shape index (κ1) is 20.9. The lowest BCUT2D eigenvalue weighted by molar-refractivity contribution is 0.0526. The summed E-state index contributed by atoms with van der Waals surface area (Å²) in [5.74, 6) is -0.394. The maximum absolute atomic E-state index is 11.7. The summed E-state index contributed by atoms with van der Waals surface area (Å²) < 4.78 is 11.0. The van der Waals surface area contributed by atoms with Gasteiger partial charge in [-0.15, -0.1) is 0 Å². The lowest BCUT2D eigenvalue weighted by Crippen LogP contribution is -2.36. The lowest BCUT2D eigenvalue weighted by atomic mass is 10.3. The highest BCUT2D eigenvalue weighted by Gasteiger charge is 2.14. The van der Waals surface area contributed by atoms with E-state index in [1.807, 2.05) is 32.0 Å². The van der Waals surface area contributed by atoms with Gasteiger partial charge in [-0.05, 0) is 26.0 Å². The standard InChI is InChI=1S/C16H18N4O4.C2H6/c1-3-23-14(21)12-10-17-20(11-12)15(19-16(22)24-4-2)18-13-8-6-5-7-9-13;1-2/h5-11H,3-4H2,1-2H3,(H,18,19,22);1-2H3. The smallest absolute Gasteiger partial charge is 0.414 e. The van der Waals surface area contributed by atoms with Gasteiger partial charge in [0.05, 0.1) is 30.7 Å². The van der Waals surface area contributed by atoms with Gasteiger partial charge in [0, 0.05) is 6.20 Å². The molecule has 0 aliphatic carbocycles. The Morgan fingerprint density at radius 1 is 1.12 bits per heavy atom. The summed E-state index contributed by atoms with van der Waals surface area (Å²) in [5.41, 5.74) is 0.862. The minimum Gasteiger partial charge on any atom is -0.462 e. The van der Waals surface area contributed by atoms with Crippen molar-refractivity contribution in [2.45, 2.75) is 27.7 Å². The molecule has 0 bridgehead atoms. The van der Waals surface area contributed by atoms with E-state index in [9.17, 15) is 9.59 Å². The summed E-state index contributed by atoms with van der Waals surface area (Å²) in [6.07, 6.45) is 2.09. The first-order valence-electron chi connectivity index (χ1n) is 8.43. The highest BCUT2D eigenvalue weighted by atomic mass is 16.5. The molecule has 140 valence electrons. The van der Waals surface area contributed by atoms with Crippen LogP contribution in [0, 0.1) is 0 Å². The van der Waals surface area contributed by atoms with Crippen LogP contribution in [0.2, 0.25) is 0 Å². The quantitative estimate of drug-likeness (QED) is 0.512. The minimum atomic E-state index is -0.666. The average molecular weight is 360 g/mol. The summed E-state index contributed by atoms with van der Waals surface area (Å²) in [6, 6.07) is 9.01. The molecular weight excluding hydrogens is 336 g/mol. The van der Waals surface area contributed by atoms with Crippen LogP contribution in [0.5, 0.6) is 0 Å². The van der Waals surface area contributed by atoms with Crippen LogP contribution < -0.4 is 5.32 Å². The number of hydrogen-bond donors (Lipinski definition) is 1. The van der Waals surface area contributed by atoms with Gasteiger partial charge < -0.3 is 9.47 Å². The highest BCUT2D eigenvalue weighted by Crippen LogP contribution is 2.10. The van der Waals surface area contributed by atoms with Crippen molar-refractivity contribution in [1.29, 1.82) is 0 Å². The Bertz CT molecular complexity index is 726. The predicted molar refractivity (Wildman–Crippen MR) is 98.6 cm³/mol. The van der Waals surface area contributed by atoms with Crippen molar-refractivity contribution in [1.82, 2.24) is 15.1 Å². The van der Waals surface area contributed by atoms with E-state index in [1.54, 1.807) is 26.0 Å². The number of esters is 1. The molecule has 1 aromatic carbocycles. The molecule has 8 nitrogen and oxygen atoms in total. The first-order chi connectivity index (χ1) is 12.6. The molecular formula is C18H24N4O4. The molecule has 0 aliphatic heterocycles. The number of para-hydroxylation sites is 1. The van der Waals surface area contributed by atoms with Gasteiger partial charge in [0.1, 0.15) is 0 Å². The van der Waals surface area contributed by atoms with Crippen LogP contribution in [0.3, 0.4) is 0 Å². The Morgan fingerprint density at radius 2 is 1.77 bits per heavy atom. The number of aliphatic imine (C=N–C) groups is 1. The Balaban J connectivity index is 0.00000163. The average Bonchev–Trinajstić information content (AvgIpc) is 3.14. The van der Waals surface area contributed by atoms with Crippen molar-refractivity contribution in [2.24, 2.45) is 4.99 Å². The Hall–Kier alpha value is -3.16. The Kier molecular flexibility index (Phi) is 9.16. The number of benzene rings is 1. The number of ether oxygens (including phenoxy) is 2. The maximum atomic E-state index is 11.7. The number of carbonyl (C=O) groups excluding carboxylic acids is 2. The van der Waals surface area contributed by atoms with Crippen molar-refractivity contribution in [3.8, 4) is 0 Å². The van der Waals surface area contributed by atoms with E-state index in [0.717, 1.165) is 0 Å². The van der Waals surface area contributed by atoms with Crippen LogP contribution in [0.1, 0.15) is 38.1 Å². The molecule has 0 spiro atoms. The number of nitrogens with one attached hydrogen (secondary N) is 1. The van der Waals surface area contributed by atoms with Gasteiger partial charge in [-0.1, -0.05) is 32.0 Å². The number of carbonyl (C=O) groups is 2. The van der Waals surface area contributed by atoms with E-state index in [1.165, 1.54) is 17.1 Å². The molecule has 1 heterocycles. The number of rotatable bonds is 4. The van der Waals surface area contributed by atoms with E-state index in [-0.39, 0.29) is 24.7 Å². The molecule has 0 fully saturated rings. The summed E-state index contributed by atoms with van der Waals surface area (Å²) >= 11 is 0. The second-order valence-electron chi connectivity index (χ2n) is 4.51. The van der Waals surface area contributed by atoms with Gasteiger partial charge in [0.15, 0.2) is 0 Å². The van der Waals surface area contributed by atoms with Crippen LogP contribution in [0.4, 0.5) is 10.5 Å². The minimum absolute atomic E-state index is 0.107. The second kappa shape index (κ2) is 11.4. The molecule has 2 rings (SSSR count). The third kappa shape index (κ3) is 6.39. The summed E-state index contributed by atoms with van der Waals surface area (Å²) in [6.45, 7) is 7.89. The van der Waals surface area contributed by atoms with E-state index >= 15 is 0 Å². The second-order valence-corrected chi connectivity index (χ2v) is 4.51. The number of aromatic nitrogens is 2. The molecule has 2 aromatic rings. The molecule has 1 aromatic heterocycles. The van der Waals surface area contributed by atoms with Crippen molar-refractivity contribution >= 4 is 23.7 Å². The van der Waals surface area contributed by atoms with Gasteiger partial charge in [0.2, 0.25) is 5.96 Å². The molecule has 0 atom stereocenters. The topological polar surface area (TPSA) is 94.8 Å². The lowest BCUT2D eigenvalue weighted by Gasteiger charge is -2.08. The largest absolute Gasteiger partial charge is 0.462 e. The molecule has 0 unspecified atom stereocenters. The van der Waals surface area contributed by atoms with Gasteiger partial charge >= 0.3 is 12.1 Å². The van der Waals surface area contributed by atoms with E-state index in [4.69, 9.17) is 9.47 Å². The van der Waals surface area contributed by atoms with Gasteiger partial charge in [-0.2, -0.15) is 5.10 Å². The number of alkyl carbamates (subject to hydrolysis) is 1. The fraction of sp³-hybridized carbons (Fsp3) is 0.333. The Labute approximate surface area is 152 Å². The third-order valence-corrected chi connectivity index (χ3v) is 2.79. The van der Waals surface area contributed by atoms with Crippen LogP contribution in [-0.2, 0) is 9.47 Å². The number of hydrogen-bond acceptors (Lipinski definition) is 6. The third-order valence-electron chi connectivity index (χ3n) is 2.79. The van der Waals surface area contributed by atoms with Gasteiger partial charge in [-0.3, -0.25) is 5.32 Å². The summed E-state index contributed by atoms with van der Waals surface area (Å²) in [5, 5.41) is 6.55. The van der Waals surface area contributed by atoms with Crippen LogP contribution >= 0.6 is 0 Å². The SMILES string of the molecule is CC.CCOC(=O)NC(=Nc1ccccc1)n1cc(C(=O)OCC)cn1. The Morgan fingerprint density at radius 3 is 2.38 bits per heavy atom. The zero-order valence-corrected chi connectivity index (χ0v) is 15.4. The van der Waals surface area contributed by atoms with E-state index in [0.29, 0.717) is 5.69 Å². The van der Waals surface area contributed by atoms with Crippen molar-refractivity contribution in [2.75, 3.05) is 13.2 Å². The highest BCUT2D eigenvalue weighted by molar-refractivity contribution is 5.97. The normalized spacial score (nSPS) is 10.4. The fourth-order valence-corrected chi connectivity index (χ4v) is 1.78. The van der Waals surface area contributed by atoms with E-state index < -0.39 is 12.1 Å². The maximum Gasteiger partial charge on any atom is 0.414 e. The molecule has 0 radical (unpaired) electrons. The van der Waals surface area contributed by atoms with Gasteiger partial charge in [0.25, 0.3) is 0 Å². The summed E-state index contributed by atoms with van der Waals surface area (Å²) in [4.78, 5) is 27.8. The molecule has 0 saturated heterocycles. The fourth-order valence-electron chi connectivity index (χ4n) is 1.78. The number of amides is 1. The molecule has 1 N–H and O–H groups in total. The van der Waals surface area contributed by atoms with Crippen molar-refractivity contribution < 1.29 is 19.1 Å². The van der Waals surface area contributed by atoms with Gasteiger partial charge in [-0.25, -0.2) is 19.3 Å². The molecule has 1 amide bonds. The zero-order valence-electron chi connectivity index (χ0n) is 15.4. The monoisotopic (exact) mass is 360 g/mol. The predicted octanol–water partition coefficient (Wildman–Crippen LogP) is 3.37. The molecule has 0 saturated carbocycles.